The summed E-state index contributed by atoms with van der Waals surface area (Å²) in [6.45, 7) is 4.09. The molecule has 0 aliphatic carbocycles. The number of likely N-dealkylation sites (N-methyl/N-ethyl adjacent to an activating group) is 1. The van der Waals surface area contributed by atoms with Gasteiger partial charge >= 0.3 is 0 Å². The van der Waals surface area contributed by atoms with E-state index in [1.165, 1.54) is 0 Å². The van der Waals surface area contributed by atoms with Crippen molar-refractivity contribution in [2.75, 3.05) is 14.1 Å². The Labute approximate surface area is 125 Å². The number of nitrogens with zero attached hydrogens (tertiary/aromatic N) is 1. The van der Waals surface area contributed by atoms with Gasteiger partial charge in [0.25, 0.3) is 0 Å². The molecular formula is C15H21Cl2NO. The summed E-state index contributed by atoms with van der Waals surface area (Å²) < 4.78 is 0. The van der Waals surface area contributed by atoms with E-state index in [0.29, 0.717) is 16.5 Å². The van der Waals surface area contributed by atoms with Crippen molar-refractivity contribution in [3.8, 4) is 0 Å². The fourth-order valence-corrected chi connectivity index (χ4v) is 2.92. The Kier molecular flexibility index (Phi) is 5.84. The van der Waals surface area contributed by atoms with Gasteiger partial charge in [-0.15, -0.1) is 0 Å². The summed E-state index contributed by atoms with van der Waals surface area (Å²) >= 11 is 12.1. The topological polar surface area (TPSA) is 20.3 Å². The Balaban J connectivity index is 3.03. The van der Waals surface area contributed by atoms with Gasteiger partial charge in [-0.25, -0.2) is 0 Å². The van der Waals surface area contributed by atoms with E-state index >= 15 is 0 Å². The minimum absolute atomic E-state index is 0.187. The van der Waals surface area contributed by atoms with Crippen LogP contribution >= 0.6 is 23.2 Å². The summed E-state index contributed by atoms with van der Waals surface area (Å²) in [6, 6.07) is 5.24. The first kappa shape index (κ1) is 16.5. The third-order valence-electron chi connectivity index (χ3n) is 3.90. The number of carbonyl (C=O) groups is 1. The summed E-state index contributed by atoms with van der Waals surface area (Å²) in [6.07, 6.45) is 1.89. The van der Waals surface area contributed by atoms with E-state index in [9.17, 15) is 4.79 Å². The number of rotatable bonds is 6. The summed E-state index contributed by atoms with van der Waals surface area (Å²) in [5, 5.41) is 1.20. The van der Waals surface area contributed by atoms with Crippen LogP contribution in [0.3, 0.4) is 0 Å². The van der Waals surface area contributed by atoms with Crippen LogP contribution in [-0.4, -0.2) is 30.3 Å². The van der Waals surface area contributed by atoms with Crippen molar-refractivity contribution >= 4 is 29.0 Å². The van der Waals surface area contributed by atoms with Crippen molar-refractivity contribution in [1.29, 1.82) is 0 Å². The number of halogens is 2. The van der Waals surface area contributed by atoms with Crippen molar-refractivity contribution in [2.24, 2.45) is 0 Å². The molecule has 19 heavy (non-hydrogen) atoms. The first-order chi connectivity index (χ1) is 8.87. The third-order valence-corrected chi connectivity index (χ3v) is 4.51. The highest BCUT2D eigenvalue weighted by molar-refractivity contribution is 6.33. The van der Waals surface area contributed by atoms with Gasteiger partial charge < -0.3 is 0 Å². The van der Waals surface area contributed by atoms with Crippen molar-refractivity contribution in [1.82, 2.24) is 4.90 Å². The SMILES string of the molecule is CCC(CC)(C(=O)Cc1cc(Cl)ccc1Cl)N(C)C. The maximum Gasteiger partial charge on any atom is 0.157 e. The molecule has 4 heteroatoms. The normalized spacial score (nSPS) is 11.9. The minimum atomic E-state index is -0.425. The maximum absolute atomic E-state index is 12.7. The second kappa shape index (κ2) is 6.74. The lowest BCUT2D eigenvalue weighted by molar-refractivity contribution is -0.129. The number of benzene rings is 1. The number of carbonyl (C=O) groups excluding carboxylic acids is 1. The minimum Gasteiger partial charge on any atom is -0.297 e. The molecule has 0 aromatic heterocycles. The van der Waals surface area contributed by atoms with Crippen LogP contribution in [0.4, 0.5) is 0 Å². The highest BCUT2D eigenvalue weighted by Gasteiger charge is 2.36. The van der Waals surface area contributed by atoms with Crippen LogP contribution in [0.25, 0.3) is 0 Å². The number of hydrogen-bond donors (Lipinski definition) is 0. The van der Waals surface area contributed by atoms with Crippen LogP contribution in [0.5, 0.6) is 0 Å². The molecule has 1 rings (SSSR count). The van der Waals surface area contributed by atoms with Crippen LogP contribution < -0.4 is 0 Å². The molecule has 0 N–H and O–H groups in total. The smallest absolute Gasteiger partial charge is 0.157 e. The number of Topliss-reactive ketones (excluding diaryl/α,β-unsaturated/α-hetero) is 1. The predicted molar refractivity (Wildman–Crippen MR) is 82.2 cm³/mol. The molecule has 0 atom stereocenters. The quantitative estimate of drug-likeness (QED) is 0.784. The first-order valence-electron chi connectivity index (χ1n) is 6.52. The first-order valence-corrected chi connectivity index (χ1v) is 7.27. The Morgan fingerprint density at radius 3 is 2.26 bits per heavy atom. The van der Waals surface area contributed by atoms with Crippen LogP contribution in [0.15, 0.2) is 18.2 Å². The van der Waals surface area contributed by atoms with E-state index in [-0.39, 0.29) is 5.78 Å². The maximum atomic E-state index is 12.7. The molecule has 0 spiro atoms. The van der Waals surface area contributed by atoms with Crippen molar-refractivity contribution in [2.45, 2.75) is 38.6 Å². The number of hydrogen-bond acceptors (Lipinski definition) is 2. The molecule has 0 aliphatic rings. The van der Waals surface area contributed by atoms with Gasteiger partial charge in [-0.05, 0) is 50.7 Å². The Morgan fingerprint density at radius 2 is 1.79 bits per heavy atom. The average Bonchev–Trinajstić information content (AvgIpc) is 2.35. The zero-order chi connectivity index (χ0) is 14.6. The van der Waals surface area contributed by atoms with E-state index in [4.69, 9.17) is 23.2 Å². The van der Waals surface area contributed by atoms with E-state index in [1.807, 2.05) is 32.8 Å². The second-order valence-corrected chi connectivity index (χ2v) is 5.81. The van der Waals surface area contributed by atoms with E-state index in [1.54, 1.807) is 18.2 Å². The molecule has 1 aromatic carbocycles. The summed E-state index contributed by atoms with van der Waals surface area (Å²) in [4.78, 5) is 14.7. The fourth-order valence-electron chi connectivity index (χ4n) is 2.54. The van der Waals surface area contributed by atoms with Crippen LogP contribution in [-0.2, 0) is 11.2 Å². The molecular weight excluding hydrogens is 281 g/mol. The molecule has 0 saturated heterocycles. The lowest BCUT2D eigenvalue weighted by Gasteiger charge is -2.37. The monoisotopic (exact) mass is 301 g/mol. The third kappa shape index (κ3) is 3.50. The van der Waals surface area contributed by atoms with Crippen LogP contribution in [0.1, 0.15) is 32.3 Å². The lowest BCUT2D eigenvalue weighted by atomic mass is 9.83. The molecule has 0 radical (unpaired) electrons. The number of ketones is 1. The molecule has 0 fully saturated rings. The zero-order valence-electron chi connectivity index (χ0n) is 12.0. The van der Waals surface area contributed by atoms with Gasteiger partial charge in [0, 0.05) is 16.5 Å². The molecule has 106 valence electrons. The molecule has 0 bridgehead atoms. The molecule has 0 saturated carbocycles. The van der Waals surface area contributed by atoms with Crippen molar-refractivity contribution in [3.63, 3.8) is 0 Å². The summed E-state index contributed by atoms with van der Waals surface area (Å²) in [5.41, 5.74) is 0.373. The van der Waals surface area contributed by atoms with Crippen LogP contribution in [0.2, 0.25) is 10.0 Å². The average molecular weight is 302 g/mol. The standard InChI is InChI=1S/C15H21Cl2NO/c1-5-15(6-2,18(3)4)14(19)10-11-9-12(16)7-8-13(11)17/h7-9H,5-6,10H2,1-4H3. The van der Waals surface area contributed by atoms with Gasteiger partial charge in [-0.3, -0.25) is 9.69 Å². The molecule has 0 heterocycles. The largest absolute Gasteiger partial charge is 0.297 e. The summed E-state index contributed by atoms with van der Waals surface area (Å²) in [7, 11) is 3.90. The highest BCUT2D eigenvalue weighted by Crippen LogP contribution is 2.27. The Morgan fingerprint density at radius 1 is 1.21 bits per heavy atom. The van der Waals surface area contributed by atoms with E-state index < -0.39 is 5.54 Å². The van der Waals surface area contributed by atoms with E-state index in [0.717, 1.165) is 18.4 Å². The molecule has 0 amide bonds. The van der Waals surface area contributed by atoms with Crippen molar-refractivity contribution < 1.29 is 4.79 Å². The molecule has 0 aliphatic heterocycles. The second-order valence-electron chi connectivity index (χ2n) is 4.97. The molecule has 1 aromatic rings. The van der Waals surface area contributed by atoms with Gasteiger partial charge in [0.2, 0.25) is 0 Å². The Bertz CT molecular complexity index is 453. The van der Waals surface area contributed by atoms with Gasteiger partial charge in [-0.2, -0.15) is 0 Å². The molecule has 0 unspecified atom stereocenters. The summed E-state index contributed by atoms with van der Waals surface area (Å²) in [5.74, 6) is 0.187. The van der Waals surface area contributed by atoms with Gasteiger partial charge in [-0.1, -0.05) is 37.0 Å². The van der Waals surface area contributed by atoms with E-state index in [2.05, 4.69) is 0 Å². The molecule has 2 nitrogen and oxygen atoms in total. The van der Waals surface area contributed by atoms with Gasteiger partial charge in [0.1, 0.15) is 0 Å². The zero-order valence-corrected chi connectivity index (χ0v) is 13.5. The lowest BCUT2D eigenvalue weighted by Crippen LogP contribution is -2.51. The van der Waals surface area contributed by atoms with Crippen molar-refractivity contribution in [3.05, 3.63) is 33.8 Å². The fraction of sp³-hybridized carbons (Fsp3) is 0.533. The van der Waals surface area contributed by atoms with Gasteiger partial charge in [0.15, 0.2) is 5.78 Å². The predicted octanol–water partition coefficient (Wildman–Crippen LogP) is 4.23. The van der Waals surface area contributed by atoms with Crippen LogP contribution in [0, 0.1) is 0 Å². The highest BCUT2D eigenvalue weighted by atomic mass is 35.5. The Hall–Kier alpha value is -0.570. The van der Waals surface area contributed by atoms with Gasteiger partial charge in [0.05, 0.1) is 5.54 Å².